The molecule has 2 rings (SSSR count). The summed E-state index contributed by atoms with van der Waals surface area (Å²) in [6.07, 6.45) is 2.20. The van der Waals surface area contributed by atoms with Crippen molar-refractivity contribution in [1.29, 1.82) is 0 Å². The number of aromatic nitrogens is 2. The van der Waals surface area contributed by atoms with E-state index >= 15 is 0 Å². The van der Waals surface area contributed by atoms with Gasteiger partial charge in [-0.05, 0) is 18.6 Å². The summed E-state index contributed by atoms with van der Waals surface area (Å²) < 4.78 is 7.47. The molecular formula is C15H23N3O. The third-order valence-corrected chi connectivity index (χ3v) is 3.49. The molecule has 0 aliphatic carbocycles. The van der Waals surface area contributed by atoms with Crippen molar-refractivity contribution < 1.29 is 4.74 Å². The monoisotopic (exact) mass is 261 g/mol. The number of hydrogen-bond donors (Lipinski definition) is 1. The van der Waals surface area contributed by atoms with Gasteiger partial charge in [0.05, 0.1) is 17.6 Å². The van der Waals surface area contributed by atoms with E-state index in [-0.39, 0.29) is 0 Å². The fraction of sp³-hybridized carbons (Fsp3) is 0.533. The van der Waals surface area contributed by atoms with Crippen molar-refractivity contribution in [2.45, 2.75) is 32.2 Å². The average Bonchev–Trinajstić information content (AvgIpc) is 2.81. The van der Waals surface area contributed by atoms with Gasteiger partial charge < -0.3 is 15.0 Å². The molecule has 4 heteroatoms. The summed E-state index contributed by atoms with van der Waals surface area (Å²) in [7, 11) is 1.73. The number of methoxy groups -OCH3 is 1. The van der Waals surface area contributed by atoms with Crippen LogP contribution in [0.5, 0.6) is 0 Å². The number of nitrogens with zero attached hydrogens (tertiary/aromatic N) is 2. The van der Waals surface area contributed by atoms with Gasteiger partial charge in [-0.25, -0.2) is 4.98 Å². The van der Waals surface area contributed by atoms with Gasteiger partial charge in [0.25, 0.3) is 0 Å². The number of para-hydroxylation sites is 2. The Morgan fingerprint density at radius 2 is 2.16 bits per heavy atom. The van der Waals surface area contributed by atoms with Gasteiger partial charge in [-0.1, -0.05) is 25.5 Å². The molecule has 1 heterocycles. The number of rotatable bonds is 7. The van der Waals surface area contributed by atoms with E-state index in [9.17, 15) is 0 Å². The summed E-state index contributed by atoms with van der Waals surface area (Å²) in [5, 5.41) is 0. The van der Waals surface area contributed by atoms with Crippen LogP contribution in [0.25, 0.3) is 11.0 Å². The smallest absolute Gasteiger partial charge is 0.114 e. The molecule has 0 amide bonds. The van der Waals surface area contributed by atoms with Crippen LogP contribution in [-0.4, -0.2) is 29.8 Å². The molecule has 0 spiro atoms. The van der Waals surface area contributed by atoms with Crippen LogP contribution in [0.4, 0.5) is 0 Å². The SMILES string of the molecule is CCCC(CN)c1nc2ccccc2n1CCOC. The Balaban J connectivity index is 2.44. The van der Waals surface area contributed by atoms with Gasteiger partial charge in [-0.15, -0.1) is 0 Å². The molecule has 0 radical (unpaired) electrons. The zero-order chi connectivity index (χ0) is 13.7. The molecule has 1 aromatic carbocycles. The second kappa shape index (κ2) is 6.68. The van der Waals surface area contributed by atoms with Crippen molar-refractivity contribution in [3.8, 4) is 0 Å². The zero-order valence-corrected chi connectivity index (χ0v) is 11.8. The Morgan fingerprint density at radius 3 is 2.84 bits per heavy atom. The third kappa shape index (κ3) is 2.96. The highest BCUT2D eigenvalue weighted by Gasteiger charge is 2.18. The summed E-state index contributed by atoms with van der Waals surface area (Å²) in [6.45, 7) is 4.35. The van der Waals surface area contributed by atoms with E-state index < -0.39 is 0 Å². The standard InChI is InChI=1S/C15H23N3O/c1-3-6-12(11-16)15-17-13-7-4-5-8-14(13)18(15)9-10-19-2/h4-5,7-8,12H,3,6,9-11,16H2,1-2H3. The molecule has 2 aromatic rings. The number of ether oxygens (including phenoxy) is 1. The molecule has 0 bridgehead atoms. The first-order valence-corrected chi connectivity index (χ1v) is 6.96. The van der Waals surface area contributed by atoms with Crippen molar-refractivity contribution >= 4 is 11.0 Å². The molecular weight excluding hydrogens is 238 g/mol. The second-order valence-electron chi connectivity index (χ2n) is 4.82. The topological polar surface area (TPSA) is 53.1 Å². The van der Waals surface area contributed by atoms with Crippen LogP contribution < -0.4 is 5.73 Å². The van der Waals surface area contributed by atoms with Crippen LogP contribution >= 0.6 is 0 Å². The highest BCUT2D eigenvalue weighted by atomic mass is 16.5. The Kier molecular flexibility index (Phi) is 4.93. The number of nitrogens with two attached hydrogens (primary N) is 1. The third-order valence-electron chi connectivity index (χ3n) is 3.49. The van der Waals surface area contributed by atoms with Crippen LogP contribution in [0.2, 0.25) is 0 Å². The van der Waals surface area contributed by atoms with Gasteiger partial charge in [0, 0.05) is 26.1 Å². The van der Waals surface area contributed by atoms with Crippen molar-refractivity contribution in [1.82, 2.24) is 9.55 Å². The van der Waals surface area contributed by atoms with E-state index in [1.165, 1.54) is 5.52 Å². The van der Waals surface area contributed by atoms with E-state index in [0.717, 1.165) is 30.7 Å². The Labute approximate surface area is 114 Å². The summed E-state index contributed by atoms with van der Waals surface area (Å²) in [5.74, 6) is 1.43. The quantitative estimate of drug-likeness (QED) is 0.833. The maximum atomic E-state index is 5.93. The molecule has 104 valence electrons. The van der Waals surface area contributed by atoms with Crippen LogP contribution in [-0.2, 0) is 11.3 Å². The van der Waals surface area contributed by atoms with E-state index in [2.05, 4.69) is 23.6 Å². The molecule has 0 aliphatic rings. The fourth-order valence-electron chi connectivity index (χ4n) is 2.52. The Hall–Kier alpha value is -1.39. The summed E-state index contributed by atoms with van der Waals surface area (Å²) >= 11 is 0. The predicted molar refractivity (Wildman–Crippen MR) is 78.3 cm³/mol. The molecule has 0 saturated carbocycles. The van der Waals surface area contributed by atoms with Crippen LogP contribution in [0.1, 0.15) is 31.5 Å². The lowest BCUT2D eigenvalue weighted by molar-refractivity contribution is 0.187. The normalized spacial score (nSPS) is 13.0. The summed E-state index contributed by atoms with van der Waals surface area (Å²) in [4.78, 5) is 4.78. The maximum Gasteiger partial charge on any atom is 0.114 e. The molecule has 0 fully saturated rings. The molecule has 1 aromatic heterocycles. The largest absolute Gasteiger partial charge is 0.383 e. The minimum absolute atomic E-state index is 0.328. The molecule has 0 saturated heterocycles. The van der Waals surface area contributed by atoms with Gasteiger partial charge in [-0.2, -0.15) is 0 Å². The minimum Gasteiger partial charge on any atom is -0.383 e. The molecule has 2 N–H and O–H groups in total. The van der Waals surface area contributed by atoms with Crippen molar-refractivity contribution in [2.75, 3.05) is 20.3 Å². The minimum atomic E-state index is 0.328. The van der Waals surface area contributed by atoms with E-state index in [1.807, 2.05) is 12.1 Å². The highest BCUT2D eigenvalue weighted by Crippen LogP contribution is 2.24. The molecule has 1 atom stereocenters. The van der Waals surface area contributed by atoms with Gasteiger partial charge in [0.1, 0.15) is 5.82 Å². The number of hydrogen-bond acceptors (Lipinski definition) is 3. The zero-order valence-electron chi connectivity index (χ0n) is 11.8. The lowest BCUT2D eigenvalue weighted by Crippen LogP contribution is -2.18. The molecule has 1 unspecified atom stereocenters. The van der Waals surface area contributed by atoms with Crippen LogP contribution in [0.15, 0.2) is 24.3 Å². The van der Waals surface area contributed by atoms with Crippen molar-refractivity contribution in [3.05, 3.63) is 30.1 Å². The van der Waals surface area contributed by atoms with Gasteiger partial charge in [0.15, 0.2) is 0 Å². The van der Waals surface area contributed by atoms with Crippen LogP contribution in [0, 0.1) is 0 Å². The van der Waals surface area contributed by atoms with Gasteiger partial charge >= 0.3 is 0 Å². The number of benzene rings is 1. The fourth-order valence-corrected chi connectivity index (χ4v) is 2.52. The van der Waals surface area contributed by atoms with Crippen molar-refractivity contribution in [3.63, 3.8) is 0 Å². The van der Waals surface area contributed by atoms with E-state index in [4.69, 9.17) is 15.5 Å². The lowest BCUT2D eigenvalue weighted by Gasteiger charge is -2.16. The van der Waals surface area contributed by atoms with Crippen molar-refractivity contribution in [2.24, 2.45) is 5.73 Å². The first-order chi connectivity index (χ1) is 9.31. The first-order valence-electron chi connectivity index (χ1n) is 6.96. The predicted octanol–water partition coefficient (Wildman–Crippen LogP) is 2.53. The number of fused-ring (bicyclic) bond motifs is 1. The first kappa shape index (κ1) is 14.0. The van der Waals surface area contributed by atoms with E-state index in [0.29, 0.717) is 19.1 Å². The maximum absolute atomic E-state index is 5.93. The van der Waals surface area contributed by atoms with Crippen LogP contribution in [0.3, 0.4) is 0 Å². The molecule has 4 nitrogen and oxygen atoms in total. The molecule has 19 heavy (non-hydrogen) atoms. The molecule has 0 aliphatic heterocycles. The average molecular weight is 261 g/mol. The highest BCUT2D eigenvalue weighted by molar-refractivity contribution is 5.76. The van der Waals surface area contributed by atoms with Gasteiger partial charge in [0.2, 0.25) is 0 Å². The second-order valence-corrected chi connectivity index (χ2v) is 4.82. The summed E-state index contributed by atoms with van der Waals surface area (Å²) in [5.41, 5.74) is 8.14. The Morgan fingerprint density at radius 1 is 1.37 bits per heavy atom. The summed E-state index contributed by atoms with van der Waals surface area (Å²) in [6, 6.07) is 8.24. The van der Waals surface area contributed by atoms with Gasteiger partial charge in [-0.3, -0.25) is 0 Å². The number of imidazole rings is 1. The van der Waals surface area contributed by atoms with E-state index in [1.54, 1.807) is 7.11 Å². The lowest BCUT2D eigenvalue weighted by atomic mass is 10.0. The Bertz CT molecular complexity index is 521.